The van der Waals surface area contributed by atoms with Gasteiger partial charge in [0.2, 0.25) is 0 Å². The standard InChI is InChI=1S/C13H14Cl4O3/c1-18-2-3-19-13-10(17)6-11(13)20-12-8(15)4-7(14)5-9(12)16/h4-5,10-11,13H,2-3,6H2,1H3. The van der Waals surface area contributed by atoms with Crippen LogP contribution in [0.3, 0.4) is 0 Å². The van der Waals surface area contributed by atoms with Gasteiger partial charge in [0.05, 0.1) is 28.6 Å². The van der Waals surface area contributed by atoms with Crippen LogP contribution in [0.5, 0.6) is 5.75 Å². The number of halogens is 4. The lowest BCUT2D eigenvalue weighted by atomic mass is 9.91. The van der Waals surface area contributed by atoms with Gasteiger partial charge in [0.1, 0.15) is 12.2 Å². The van der Waals surface area contributed by atoms with Gasteiger partial charge in [-0.15, -0.1) is 11.6 Å². The summed E-state index contributed by atoms with van der Waals surface area (Å²) in [7, 11) is 1.61. The molecule has 0 bridgehead atoms. The van der Waals surface area contributed by atoms with Gasteiger partial charge >= 0.3 is 0 Å². The van der Waals surface area contributed by atoms with Crippen LogP contribution in [0.4, 0.5) is 0 Å². The van der Waals surface area contributed by atoms with E-state index in [2.05, 4.69) is 0 Å². The van der Waals surface area contributed by atoms with Crippen molar-refractivity contribution in [2.75, 3.05) is 20.3 Å². The fraction of sp³-hybridized carbons (Fsp3) is 0.538. The zero-order valence-electron chi connectivity index (χ0n) is 10.7. The van der Waals surface area contributed by atoms with E-state index >= 15 is 0 Å². The molecule has 20 heavy (non-hydrogen) atoms. The zero-order chi connectivity index (χ0) is 14.7. The summed E-state index contributed by atoms with van der Waals surface area (Å²) >= 11 is 24.2. The van der Waals surface area contributed by atoms with E-state index < -0.39 is 0 Å². The summed E-state index contributed by atoms with van der Waals surface area (Å²) in [6, 6.07) is 3.17. The Balaban J connectivity index is 1.99. The van der Waals surface area contributed by atoms with E-state index in [9.17, 15) is 0 Å². The Morgan fingerprint density at radius 2 is 1.80 bits per heavy atom. The van der Waals surface area contributed by atoms with Gasteiger partial charge in [0, 0.05) is 18.6 Å². The van der Waals surface area contributed by atoms with Crippen molar-refractivity contribution < 1.29 is 14.2 Å². The summed E-state index contributed by atoms with van der Waals surface area (Å²) in [4.78, 5) is 0. The van der Waals surface area contributed by atoms with Crippen LogP contribution in [0.1, 0.15) is 6.42 Å². The quantitative estimate of drug-likeness (QED) is 0.555. The Bertz CT molecular complexity index is 446. The molecular formula is C13H14Cl4O3. The second-order valence-electron chi connectivity index (χ2n) is 4.43. The molecule has 1 saturated carbocycles. The third-order valence-electron chi connectivity index (χ3n) is 3.01. The average molecular weight is 360 g/mol. The van der Waals surface area contributed by atoms with Crippen molar-refractivity contribution in [2.45, 2.75) is 24.0 Å². The predicted octanol–water partition coefficient (Wildman–Crippen LogP) is 4.44. The highest BCUT2D eigenvalue weighted by Gasteiger charge is 2.43. The fourth-order valence-corrected chi connectivity index (χ4v) is 3.23. The molecule has 1 aliphatic carbocycles. The van der Waals surface area contributed by atoms with Crippen LogP contribution < -0.4 is 4.74 Å². The zero-order valence-corrected chi connectivity index (χ0v) is 13.8. The van der Waals surface area contributed by atoms with E-state index in [4.69, 9.17) is 60.6 Å². The fourth-order valence-electron chi connectivity index (χ4n) is 1.91. The Hall–Kier alpha value is 0.1000. The van der Waals surface area contributed by atoms with Crippen LogP contribution in [0, 0.1) is 0 Å². The summed E-state index contributed by atoms with van der Waals surface area (Å²) in [6.07, 6.45) is 0.300. The van der Waals surface area contributed by atoms with Crippen LogP contribution in [0.15, 0.2) is 12.1 Å². The smallest absolute Gasteiger partial charge is 0.157 e. The molecule has 3 unspecified atom stereocenters. The molecule has 3 nitrogen and oxygen atoms in total. The number of methoxy groups -OCH3 is 1. The Kier molecular flexibility index (Phi) is 6.09. The number of hydrogen-bond acceptors (Lipinski definition) is 3. The topological polar surface area (TPSA) is 27.7 Å². The second kappa shape index (κ2) is 7.39. The number of hydrogen-bond donors (Lipinski definition) is 0. The molecular weight excluding hydrogens is 346 g/mol. The minimum absolute atomic E-state index is 0.0818. The van der Waals surface area contributed by atoms with Crippen molar-refractivity contribution >= 4 is 46.4 Å². The normalized spacial score (nSPS) is 25.4. The summed E-state index contributed by atoms with van der Waals surface area (Å²) in [5.74, 6) is 0.409. The number of benzene rings is 1. The maximum Gasteiger partial charge on any atom is 0.157 e. The van der Waals surface area contributed by atoms with E-state index in [-0.39, 0.29) is 17.6 Å². The summed E-state index contributed by atoms with van der Waals surface area (Å²) in [5, 5.41) is 1.12. The number of ether oxygens (including phenoxy) is 3. The Morgan fingerprint density at radius 1 is 1.15 bits per heavy atom. The molecule has 0 spiro atoms. The lowest BCUT2D eigenvalue weighted by molar-refractivity contribution is -0.0897. The van der Waals surface area contributed by atoms with Crippen molar-refractivity contribution in [3.05, 3.63) is 27.2 Å². The first kappa shape index (κ1) is 16.5. The molecule has 1 fully saturated rings. The summed E-state index contributed by atoms with van der Waals surface area (Å²) in [6.45, 7) is 0.974. The summed E-state index contributed by atoms with van der Waals surface area (Å²) < 4.78 is 16.4. The first-order valence-corrected chi connectivity index (χ1v) is 7.65. The molecule has 7 heteroatoms. The first-order valence-electron chi connectivity index (χ1n) is 6.08. The molecule has 3 atom stereocenters. The van der Waals surface area contributed by atoms with Crippen molar-refractivity contribution in [3.8, 4) is 5.75 Å². The van der Waals surface area contributed by atoms with Gasteiger partial charge in [-0.05, 0) is 12.1 Å². The maximum atomic E-state index is 6.13. The first-order chi connectivity index (χ1) is 9.52. The van der Waals surface area contributed by atoms with Gasteiger partial charge in [0.25, 0.3) is 0 Å². The highest BCUT2D eigenvalue weighted by molar-refractivity contribution is 6.40. The molecule has 0 radical (unpaired) electrons. The third kappa shape index (κ3) is 3.85. The van der Waals surface area contributed by atoms with Gasteiger partial charge in [0.15, 0.2) is 5.75 Å². The van der Waals surface area contributed by atoms with Crippen LogP contribution >= 0.6 is 46.4 Å². The Labute approximate surface area is 138 Å². The van der Waals surface area contributed by atoms with Crippen LogP contribution in [0.2, 0.25) is 15.1 Å². The van der Waals surface area contributed by atoms with Gasteiger partial charge in [-0.3, -0.25) is 0 Å². The van der Waals surface area contributed by atoms with Crippen LogP contribution in [-0.4, -0.2) is 37.9 Å². The van der Waals surface area contributed by atoms with E-state index in [0.29, 0.717) is 40.5 Å². The minimum Gasteiger partial charge on any atom is -0.484 e. The van der Waals surface area contributed by atoms with Crippen molar-refractivity contribution in [3.63, 3.8) is 0 Å². The van der Waals surface area contributed by atoms with Crippen LogP contribution in [-0.2, 0) is 9.47 Å². The molecule has 0 amide bonds. The van der Waals surface area contributed by atoms with Crippen molar-refractivity contribution in [1.82, 2.24) is 0 Å². The molecule has 0 heterocycles. The molecule has 0 aliphatic heterocycles. The molecule has 0 aromatic heterocycles. The van der Waals surface area contributed by atoms with Gasteiger partial charge in [-0.2, -0.15) is 0 Å². The lowest BCUT2D eigenvalue weighted by Crippen LogP contribution is -2.53. The molecule has 1 aromatic rings. The van der Waals surface area contributed by atoms with E-state index in [1.165, 1.54) is 0 Å². The van der Waals surface area contributed by atoms with Gasteiger partial charge in [-0.25, -0.2) is 0 Å². The van der Waals surface area contributed by atoms with Crippen molar-refractivity contribution in [1.29, 1.82) is 0 Å². The molecule has 0 saturated heterocycles. The van der Waals surface area contributed by atoms with E-state index in [1.807, 2.05) is 0 Å². The summed E-state index contributed by atoms with van der Waals surface area (Å²) in [5.41, 5.74) is 0. The lowest BCUT2D eigenvalue weighted by Gasteiger charge is -2.40. The second-order valence-corrected chi connectivity index (χ2v) is 6.25. The predicted molar refractivity (Wildman–Crippen MR) is 81.8 cm³/mol. The monoisotopic (exact) mass is 358 g/mol. The van der Waals surface area contributed by atoms with Gasteiger partial charge in [-0.1, -0.05) is 34.8 Å². The largest absolute Gasteiger partial charge is 0.484 e. The Morgan fingerprint density at radius 3 is 2.35 bits per heavy atom. The number of alkyl halides is 1. The highest BCUT2D eigenvalue weighted by Crippen LogP contribution is 2.40. The van der Waals surface area contributed by atoms with E-state index in [0.717, 1.165) is 0 Å². The van der Waals surface area contributed by atoms with E-state index in [1.54, 1.807) is 19.2 Å². The third-order valence-corrected chi connectivity index (χ3v) is 4.22. The maximum absolute atomic E-state index is 6.13. The molecule has 1 aromatic carbocycles. The van der Waals surface area contributed by atoms with Crippen LogP contribution in [0.25, 0.3) is 0 Å². The molecule has 112 valence electrons. The highest BCUT2D eigenvalue weighted by atomic mass is 35.5. The molecule has 2 rings (SSSR count). The minimum atomic E-state index is -0.199. The van der Waals surface area contributed by atoms with Gasteiger partial charge < -0.3 is 14.2 Å². The average Bonchev–Trinajstić information content (AvgIpc) is 2.37. The molecule has 1 aliphatic rings. The molecule has 0 N–H and O–H groups in total. The van der Waals surface area contributed by atoms with Crippen molar-refractivity contribution in [2.24, 2.45) is 0 Å². The number of rotatable bonds is 6. The SMILES string of the molecule is COCCOC1C(Cl)CC1Oc1c(Cl)cc(Cl)cc1Cl.